The predicted molar refractivity (Wildman–Crippen MR) is 133 cm³/mol. The fourth-order valence-corrected chi connectivity index (χ4v) is 3.33. The molecule has 4 rings (SSSR count). The maximum absolute atomic E-state index is 12.3. The second kappa shape index (κ2) is 10.2. The van der Waals surface area contributed by atoms with Gasteiger partial charge in [-0.25, -0.2) is 9.78 Å². The Kier molecular flexibility index (Phi) is 7.35. The van der Waals surface area contributed by atoms with Crippen LogP contribution in [0.1, 0.15) is 30.7 Å². The van der Waals surface area contributed by atoms with Crippen LogP contribution in [0.25, 0.3) is 34.3 Å². The van der Waals surface area contributed by atoms with Crippen LogP contribution < -0.4 is 5.73 Å². The van der Waals surface area contributed by atoms with Gasteiger partial charge < -0.3 is 19.9 Å². The van der Waals surface area contributed by atoms with E-state index in [1.165, 1.54) is 7.11 Å². The Hall–Kier alpha value is -3.84. The molecule has 0 aliphatic carbocycles. The van der Waals surface area contributed by atoms with Gasteiger partial charge in [-0.2, -0.15) is 0 Å². The molecule has 0 unspecified atom stereocenters. The molecule has 33 heavy (non-hydrogen) atoms. The van der Waals surface area contributed by atoms with Crippen LogP contribution in [0.5, 0.6) is 0 Å². The third-order valence-corrected chi connectivity index (χ3v) is 4.81. The number of imidazole rings is 1. The van der Waals surface area contributed by atoms with Crippen molar-refractivity contribution in [3.05, 3.63) is 77.6 Å². The Balaban J connectivity index is 0.00000306. The number of furan rings is 1. The average molecular weight is 465 g/mol. The normalized spacial score (nSPS) is 12.1. The van der Waals surface area contributed by atoms with Crippen molar-refractivity contribution in [1.29, 1.82) is 0 Å². The number of H-pyrrole nitrogens is 1. The number of halogens is 1. The summed E-state index contributed by atoms with van der Waals surface area (Å²) in [5.41, 5.74) is 9.68. The molecule has 0 amide bonds. The molecule has 0 aliphatic heterocycles. The molecule has 0 bridgehead atoms. The lowest BCUT2D eigenvalue weighted by molar-refractivity contribution is -0.133. The van der Waals surface area contributed by atoms with Crippen molar-refractivity contribution in [2.45, 2.75) is 19.9 Å². The summed E-state index contributed by atoms with van der Waals surface area (Å²) in [7, 11) is 1.36. The van der Waals surface area contributed by atoms with Gasteiger partial charge in [0.2, 0.25) is 0 Å². The van der Waals surface area contributed by atoms with E-state index in [1.807, 2.05) is 62.4 Å². The number of rotatable bonds is 6. The van der Waals surface area contributed by atoms with Crippen LogP contribution in [0.15, 0.2) is 70.1 Å². The van der Waals surface area contributed by atoms with E-state index in [4.69, 9.17) is 14.9 Å². The summed E-state index contributed by atoms with van der Waals surface area (Å²) in [5.74, 6) is 1.69. The number of aliphatic imine (C=N–C) groups is 1. The van der Waals surface area contributed by atoms with Gasteiger partial charge in [0.25, 0.3) is 0 Å². The van der Waals surface area contributed by atoms with Gasteiger partial charge in [-0.05, 0) is 55.8 Å². The lowest BCUT2D eigenvalue weighted by Crippen LogP contribution is -2.15. The van der Waals surface area contributed by atoms with Gasteiger partial charge >= 0.3 is 5.97 Å². The number of hydrogen-bond donors (Lipinski definition) is 2. The summed E-state index contributed by atoms with van der Waals surface area (Å²) >= 11 is 0. The number of nitrogens with zero attached hydrogens (tertiary/aromatic N) is 2. The Morgan fingerprint density at radius 1 is 1.12 bits per heavy atom. The number of amidine groups is 1. The fourth-order valence-electron chi connectivity index (χ4n) is 3.33. The van der Waals surface area contributed by atoms with E-state index in [1.54, 1.807) is 18.2 Å². The Bertz CT molecular complexity index is 1320. The van der Waals surface area contributed by atoms with Crippen LogP contribution in [0.2, 0.25) is 0 Å². The first kappa shape index (κ1) is 23.8. The minimum atomic E-state index is -0.439. The molecule has 4 aromatic rings. The number of esters is 1. The first-order valence-electron chi connectivity index (χ1n) is 10.2. The second-order valence-corrected chi connectivity index (χ2v) is 7.54. The number of carbonyl (C=O) groups is 1. The van der Waals surface area contributed by atoms with E-state index in [2.05, 4.69) is 15.0 Å². The number of carbonyl (C=O) groups excluding carboxylic acids is 1. The molecule has 0 atom stereocenters. The van der Waals surface area contributed by atoms with E-state index >= 15 is 0 Å². The van der Waals surface area contributed by atoms with Crippen LogP contribution in [-0.2, 0) is 9.53 Å². The number of benzene rings is 2. The monoisotopic (exact) mass is 464 g/mol. The molecule has 0 saturated heterocycles. The number of nitrogens with two attached hydrogens (primary N) is 1. The molecule has 8 heteroatoms. The number of aromatic nitrogens is 2. The van der Waals surface area contributed by atoms with Crippen LogP contribution in [0.3, 0.4) is 0 Å². The molecular formula is C25H25ClN4O3. The van der Waals surface area contributed by atoms with Gasteiger partial charge in [0.05, 0.1) is 23.7 Å². The second-order valence-electron chi connectivity index (χ2n) is 7.54. The van der Waals surface area contributed by atoms with Gasteiger partial charge in [0, 0.05) is 11.6 Å². The van der Waals surface area contributed by atoms with Crippen molar-refractivity contribution in [2.75, 3.05) is 7.11 Å². The molecule has 2 aromatic heterocycles. The maximum atomic E-state index is 12.3. The lowest BCUT2D eigenvalue weighted by Gasteiger charge is -2.04. The summed E-state index contributed by atoms with van der Waals surface area (Å²) in [6, 6.07) is 18.7. The van der Waals surface area contributed by atoms with Crippen LogP contribution in [-0.4, -0.2) is 34.9 Å². The van der Waals surface area contributed by atoms with Crippen molar-refractivity contribution >= 4 is 46.9 Å². The van der Waals surface area contributed by atoms with Gasteiger partial charge in [0.1, 0.15) is 11.6 Å². The highest BCUT2D eigenvalue weighted by molar-refractivity contribution is 6.21. The minimum absolute atomic E-state index is 0. The number of hydrogen-bond acceptors (Lipinski definition) is 5. The largest absolute Gasteiger partial charge is 0.465 e. The van der Waals surface area contributed by atoms with E-state index in [0.717, 1.165) is 22.2 Å². The Labute approximate surface area is 197 Å². The molecular weight excluding hydrogens is 440 g/mol. The van der Waals surface area contributed by atoms with Crippen molar-refractivity contribution in [3.63, 3.8) is 0 Å². The van der Waals surface area contributed by atoms with E-state index in [0.29, 0.717) is 28.8 Å². The first-order valence-corrected chi connectivity index (χ1v) is 10.2. The van der Waals surface area contributed by atoms with Gasteiger partial charge in [0.15, 0.2) is 11.6 Å². The highest BCUT2D eigenvalue weighted by Gasteiger charge is 2.15. The van der Waals surface area contributed by atoms with Gasteiger partial charge in [-0.1, -0.05) is 30.3 Å². The van der Waals surface area contributed by atoms with Gasteiger partial charge in [-0.3, -0.25) is 4.99 Å². The summed E-state index contributed by atoms with van der Waals surface area (Å²) in [6.07, 6.45) is 1.66. The first-order chi connectivity index (χ1) is 15.4. The molecule has 0 radical (unpaired) electrons. The van der Waals surface area contributed by atoms with Crippen molar-refractivity contribution in [1.82, 2.24) is 9.97 Å². The number of ether oxygens (including phenoxy) is 1. The zero-order chi connectivity index (χ0) is 22.7. The molecule has 3 N–H and O–H groups in total. The van der Waals surface area contributed by atoms with Crippen molar-refractivity contribution in [3.8, 4) is 11.6 Å². The van der Waals surface area contributed by atoms with Crippen molar-refractivity contribution in [2.24, 2.45) is 10.7 Å². The summed E-state index contributed by atoms with van der Waals surface area (Å²) in [5, 5.41) is 0. The predicted octanol–water partition coefficient (Wildman–Crippen LogP) is 5.07. The zero-order valence-electron chi connectivity index (χ0n) is 18.5. The standard InChI is InChI=1S/C25H24N4O3.ClH/c1-15(2)27-23(26)17-9-11-20-21(13-17)29-24(28-20)22-12-10-18(32-22)14-19(25(30)31-3)16-7-5-4-6-8-16;/h4-15H,1-3H3,(H2,26,27)(H,28,29);1H/b19-14+;. The molecule has 2 aromatic carbocycles. The zero-order valence-corrected chi connectivity index (χ0v) is 19.3. The van der Waals surface area contributed by atoms with Crippen LogP contribution in [0.4, 0.5) is 0 Å². The molecule has 0 aliphatic rings. The molecule has 0 saturated carbocycles. The van der Waals surface area contributed by atoms with Crippen LogP contribution in [0, 0.1) is 0 Å². The van der Waals surface area contributed by atoms with E-state index < -0.39 is 5.97 Å². The van der Waals surface area contributed by atoms with Crippen LogP contribution >= 0.6 is 12.4 Å². The number of aromatic amines is 1. The molecule has 2 heterocycles. The molecule has 170 valence electrons. The Morgan fingerprint density at radius 3 is 2.58 bits per heavy atom. The maximum Gasteiger partial charge on any atom is 0.338 e. The van der Waals surface area contributed by atoms with Gasteiger partial charge in [-0.15, -0.1) is 12.4 Å². The average Bonchev–Trinajstić information content (AvgIpc) is 3.43. The highest BCUT2D eigenvalue weighted by atomic mass is 35.5. The van der Waals surface area contributed by atoms with E-state index in [-0.39, 0.29) is 18.4 Å². The Morgan fingerprint density at radius 2 is 1.88 bits per heavy atom. The summed E-state index contributed by atoms with van der Waals surface area (Å²) in [6.45, 7) is 3.96. The minimum Gasteiger partial charge on any atom is -0.465 e. The number of methoxy groups -OCH3 is 1. The molecule has 0 fully saturated rings. The summed E-state index contributed by atoms with van der Waals surface area (Å²) < 4.78 is 10.9. The quantitative estimate of drug-likeness (QED) is 0.179. The van der Waals surface area contributed by atoms with E-state index in [9.17, 15) is 4.79 Å². The topological polar surface area (TPSA) is 106 Å². The molecule has 7 nitrogen and oxygen atoms in total. The van der Waals surface area contributed by atoms with Crippen molar-refractivity contribution < 1.29 is 13.9 Å². The fraction of sp³-hybridized carbons (Fsp3) is 0.160. The molecule has 0 spiro atoms. The third kappa shape index (κ3) is 5.32. The number of fused-ring (bicyclic) bond motifs is 1. The highest BCUT2D eigenvalue weighted by Crippen LogP contribution is 2.26. The lowest BCUT2D eigenvalue weighted by atomic mass is 10.1. The smallest absolute Gasteiger partial charge is 0.338 e. The summed E-state index contributed by atoms with van der Waals surface area (Å²) in [4.78, 5) is 24.6. The SMILES string of the molecule is COC(=O)/C(=C/c1ccc(-c2nc3ccc(C(N)=NC(C)C)cc3[nH]2)o1)c1ccccc1.Cl. The third-order valence-electron chi connectivity index (χ3n) is 4.81. The number of nitrogens with one attached hydrogen (secondary N) is 1.